The van der Waals surface area contributed by atoms with E-state index in [0.29, 0.717) is 6.42 Å². The summed E-state index contributed by atoms with van der Waals surface area (Å²) in [5, 5.41) is 0. The van der Waals surface area contributed by atoms with Gasteiger partial charge in [-0.25, -0.2) is 10.9 Å². The summed E-state index contributed by atoms with van der Waals surface area (Å²) in [6.45, 7) is 0.768. The first-order valence-electron chi connectivity index (χ1n) is 9.33. The van der Waals surface area contributed by atoms with Gasteiger partial charge in [-0.1, -0.05) is 24.3 Å². The maximum Gasteiger partial charge on any atom is 0.245 e. The molecule has 0 radical (unpaired) electrons. The van der Waals surface area contributed by atoms with Gasteiger partial charge in [0.1, 0.15) is 17.5 Å². The monoisotopic (exact) mass is 367 g/mol. The third-order valence-corrected chi connectivity index (χ3v) is 5.39. The lowest BCUT2D eigenvalue weighted by Crippen LogP contribution is -2.47. The number of aryl methyl sites for hydroxylation is 1. The summed E-state index contributed by atoms with van der Waals surface area (Å²) < 4.78 is 10.8. The van der Waals surface area contributed by atoms with Gasteiger partial charge in [-0.15, -0.1) is 0 Å². The molecule has 1 amide bonds. The molecular formula is C21H25N3O3. The van der Waals surface area contributed by atoms with Crippen LogP contribution >= 0.6 is 0 Å². The van der Waals surface area contributed by atoms with Gasteiger partial charge in [0.2, 0.25) is 5.91 Å². The quantitative estimate of drug-likeness (QED) is 0.870. The molecule has 142 valence electrons. The number of benzene rings is 2. The average Bonchev–Trinajstić information content (AvgIpc) is 3.22. The van der Waals surface area contributed by atoms with Crippen LogP contribution < -0.4 is 25.2 Å². The number of hydrogen-bond acceptors (Lipinski definition) is 5. The number of anilines is 1. The lowest BCUT2D eigenvalue weighted by Gasteiger charge is -2.31. The maximum absolute atomic E-state index is 13.2. The lowest BCUT2D eigenvalue weighted by molar-refractivity contribution is -0.120. The Morgan fingerprint density at radius 2 is 1.96 bits per heavy atom. The van der Waals surface area contributed by atoms with E-state index in [2.05, 4.69) is 16.9 Å². The van der Waals surface area contributed by atoms with Gasteiger partial charge in [0.15, 0.2) is 0 Å². The molecule has 2 aromatic rings. The van der Waals surface area contributed by atoms with Crippen LogP contribution in [-0.4, -0.2) is 32.7 Å². The van der Waals surface area contributed by atoms with Crippen molar-refractivity contribution in [3.63, 3.8) is 0 Å². The Morgan fingerprint density at radius 3 is 2.78 bits per heavy atom. The van der Waals surface area contributed by atoms with E-state index in [-0.39, 0.29) is 18.0 Å². The molecule has 0 aliphatic carbocycles. The summed E-state index contributed by atoms with van der Waals surface area (Å²) in [5.74, 6) is 1.62. The topological polar surface area (TPSA) is 62.8 Å². The molecule has 4 rings (SSSR count). The normalized spacial score (nSPS) is 21.6. The Morgan fingerprint density at radius 1 is 1.11 bits per heavy atom. The molecule has 6 nitrogen and oxygen atoms in total. The summed E-state index contributed by atoms with van der Waals surface area (Å²) in [6, 6.07) is 13.7. The fraction of sp³-hybridized carbons (Fsp3) is 0.381. The van der Waals surface area contributed by atoms with E-state index in [1.165, 1.54) is 5.56 Å². The number of fused-ring (bicyclic) bond motifs is 1. The van der Waals surface area contributed by atoms with E-state index in [4.69, 9.17) is 9.47 Å². The molecule has 0 aromatic heterocycles. The highest BCUT2D eigenvalue weighted by Crippen LogP contribution is 2.34. The number of nitrogens with one attached hydrogen (secondary N) is 2. The Hall–Kier alpha value is -2.57. The SMILES string of the molecule is COc1ccc(C2CC(C(=O)N3CCCc4ccccc43)NN2)c(OC)c1. The summed E-state index contributed by atoms with van der Waals surface area (Å²) in [6.07, 6.45) is 2.70. The average molecular weight is 367 g/mol. The summed E-state index contributed by atoms with van der Waals surface area (Å²) in [4.78, 5) is 15.1. The van der Waals surface area contributed by atoms with Crippen LogP contribution in [0.1, 0.15) is 30.0 Å². The molecule has 27 heavy (non-hydrogen) atoms. The van der Waals surface area contributed by atoms with Crippen molar-refractivity contribution in [1.29, 1.82) is 0 Å². The van der Waals surface area contributed by atoms with Crippen LogP contribution in [0.4, 0.5) is 5.69 Å². The number of carbonyl (C=O) groups is 1. The maximum atomic E-state index is 13.2. The number of methoxy groups -OCH3 is 2. The molecule has 6 heteroatoms. The van der Waals surface area contributed by atoms with Gasteiger partial charge in [-0.05, 0) is 37.0 Å². The molecule has 1 saturated heterocycles. The second-order valence-corrected chi connectivity index (χ2v) is 6.96. The summed E-state index contributed by atoms with van der Waals surface area (Å²) in [5.41, 5.74) is 9.75. The van der Waals surface area contributed by atoms with Crippen molar-refractivity contribution >= 4 is 11.6 Å². The van der Waals surface area contributed by atoms with Crippen molar-refractivity contribution in [2.45, 2.75) is 31.3 Å². The van der Waals surface area contributed by atoms with Gasteiger partial charge >= 0.3 is 0 Å². The highest BCUT2D eigenvalue weighted by atomic mass is 16.5. The van der Waals surface area contributed by atoms with E-state index >= 15 is 0 Å². The largest absolute Gasteiger partial charge is 0.497 e. The molecule has 0 spiro atoms. The first-order chi connectivity index (χ1) is 13.2. The molecule has 0 bridgehead atoms. The Labute approximate surface area is 159 Å². The van der Waals surface area contributed by atoms with Gasteiger partial charge in [0, 0.05) is 23.9 Å². The van der Waals surface area contributed by atoms with Crippen LogP contribution in [0.25, 0.3) is 0 Å². The van der Waals surface area contributed by atoms with Crippen LogP contribution in [-0.2, 0) is 11.2 Å². The number of ether oxygens (including phenoxy) is 2. The van der Waals surface area contributed by atoms with Gasteiger partial charge in [0.05, 0.1) is 20.3 Å². The Kier molecular flexibility index (Phi) is 5.01. The molecule has 1 fully saturated rings. The number of hydrazine groups is 1. The second kappa shape index (κ2) is 7.58. The van der Waals surface area contributed by atoms with Crippen LogP contribution in [0.15, 0.2) is 42.5 Å². The van der Waals surface area contributed by atoms with Crippen molar-refractivity contribution < 1.29 is 14.3 Å². The van der Waals surface area contributed by atoms with Crippen molar-refractivity contribution in [2.75, 3.05) is 25.7 Å². The number of amides is 1. The van der Waals surface area contributed by atoms with Crippen LogP contribution in [0, 0.1) is 0 Å². The van der Waals surface area contributed by atoms with E-state index in [1.807, 2.05) is 41.3 Å². The Balaban J connectivity index is 1.51. The molecule has 2 atom stereocenters. The standard InChI is InChI=1S/C21H25N3O3/c1-26-15-9-10-16(20(12-15)27-2)17-13-18(23-22-17)21(25)24-11-5-7-14-6-3-4-8-19(14)24/h3-4,6,8-10,12,17-18,22-23H,5,7,11,13H2,1-2H3. The second-order valence-electron chi connectivity index (χ2n) is 6.96. The van der Waals surface area contributed by atoms with Crippen LogP contribution in [0.5, 0.6) is 11.5 Å². The zero-order valence-corrected chi connectivity index (χ0v) is 15.7. The molecule has 2 aliphatic heterocycles. The fourth-order valence-electron chi connectivity index (χ4n) is 3.98. The first-order valence-corrected chi connectivity index (χ1v) is 9.33. The predicted octanol–water partition coefficient (Wildman–Crippen LogP) is 2.59. The minimum absolute atomic E-state index is 0.000148. The fourth-order valence-corrected chi connectivity index (χ4v) is 3.98. The summed E-state index contributed by atoms with van der Waals surface area (Å²) >= 11 is 0. The minimum atomic E-state index is -0.270. The van der Waals surface area contributed by atoms with Crippen LogP contribution in [0.3, 0.4) is 0 Å². The number of para-hydroxylation sites is 1. The third kappa shape index (κ3) is 3.38. The lowest BCUT2D eigenvalue weighted by atomic mass is 9.98. The van der Waals surface area contributed by atoms with E-state index in [0.717, 1.165) is 42.1 Å². The van der Waals surface area contributed by atoms with Crippen molar-refractivity contribution in [2.24, 2.45) is 0 Å². The molecule has 0 saturated carbocycles. The van der Waals surface area contributed by atoms with Gasteiger partial charge in [0.25, 0.3) is 0 Å². The molecule has 2 heterocycles. The predicted molar refractivity (Wildman–Crippen MR) is 104 cm³/mol. The zero-order valence-electron chi connectivity index (χ0n) is 15.7. The van der Waals surface area contributed by atoms with Crippen molar-refractivity contribution in [3.8, 4) is 11.5 Å². The molecular weight excluding hydrogens is 342 g/mol. The van der Waals surface area contributed by atoms with Gasteiger partial charge in [-0.3, -0.25) is 4.79 Å². The van der Waals surface area contributed by atoms with Crippen molar-refractivity contribution in [3.05, 3.63) is 53.6 Å². The van der Waals surface area contributed by atoms with E-state index in [9.17, 15) is 4.79 Å². The van der Waals surface area contributed by atoms with Gasteiger partial charge in [-0.2, -0.15) is 0 Å². The minimum Gasteiger partial charge on any atom is -0.497 e. The van der Waals surface area contributed by atoms with Crippen LogP contribution in [0.2, 0.25) is 0 Å². The number of nitrogens with zero attached hydrogens (tertiary/aromatic N) is 1. The highest BCUT2D eigenvalue weighted by molar-refractivity contribution is 5.98. The number of carbonyl (C=O) groups excluding carboxylic acids is 1. The summed E-state index contributed by atoms with van der Waals surface area (Å²) in [7, 11) is 3.28. The highest BCUT2D eigenvalue weighted by Gasteiger charge is 2.35. The Bertz CT molecular complexity index is 839. The smallest absolute Gasteiger partial charge is 0.245 e. The van der Waals surface area contributed by atoms with E-state index in [1.54, 1.807) is 14.2 Å². The molecule has 2 N–H and O–H groups in total. The molecule has 2 aromatic carbocycles. The first kappa shape index (κ1) is 17.8. The zero-order chi connectivity index (χ0) is 18.8. The number of hydrogen-bond donors (Lipinski definition) is 2. The van der Waals surface area contributed by atoms with Gasteiger partial charge < -0.3 is 14.4 Å². The van der Waals surface area contributed by atoms with E-state index < -0.39 is 0 Å². The number of rotatable bonds is 4. The molecule has 2 aliphatic rings. The van der Waals surface area contributed by atoms with Crippen molar-refractivity contribution in [1.82, 2.24) is 10.9 Å². The molecule has 2 unspecified atom stereocenters. The third-order valence-electron chi connectivity index (χ3n) is 5.39.